The van der Waals surface area contributed by atoms with E-state index in [0.717, 1.165) is 11.1 Å². The Hall–Kier alpha value is -2.52. The van der Waals surface area contributed by atoms with E-state index in [9.17, 15) is 19.2 Å². The van der Waals surface area contributed by atoms with Crippen LogP contribution < -0.4 is 10.6 Å². The quantitative estimate of drug-likeness (QED) is 0.214. The van der Waals surface area contributed by atoms with Crippen molar-refractivity contribution in [1.29, 1.82) is 0 Å². The van der Waals surface area contributed by atoms with E-state index in [0.29, 0.717) is 37.1 Å². The van der Waals surface area contributed by atoms with Gasteiger partial charge in [-0.1, -0.05) is 56.1 Å². The summed E-state index contributed by atoms with van der Waals surface area (Å²) in [4.78, 5) is 46.5. The monoisotopic (exact) mass is 580 g/mol. The zero-order valence-corrected chi connectivity index (χ0v) is 21.2. The van der Waals surface area contributed by atoms with Crippen LogP contribution in [-0.2, 0) is 36.8 Å². The van der Waals surface area contributed by atoms with Crippen LogP contribution in [0.1, 0.15) is 36.8 Å². The first-order valence-corrected chi connectivity index (χ1v) is 12.8. The molecule has 2 amide bonds. The number of rotatable bonds is 12. The summed E-state index contributed by atoms with van der Waals surface area (Å²) in [7, 11) is 0. The summed E-state index contributed by atoms with van der Waals surface area (Å²) >= 11 is 6.19. The lowest BCUT2D eigenvalue weighted by molar-refractivity contribution is -0.159. The summed E-state index contributed by atoms with van der Waals surface area (Å²) in [6.07, 6.45) is 2.79. The van der Waals surface area contributed by atoms with Crippen molar-refractivity contribution in [2.45, 2.75) is 38.5 Å². The fourth-order valence-corrected chi connectivity index (χ4v) is 3.28. The van der Waals surface area contributed by atoms with Crippen molar-refractivity contribution in [1.82, 2.24) is 0 Å². The number of ether oxygens (including phenoxy) is 1. The van der Waals surface area contributed by atoms with Gasteiger partial charge in [-0.2, -0.15) is 0 Å². The van der Waals surface area contributed by atoms with Gasteiger partial charge in [-0.3, -0.25) is 19.2 Å². The van der Waals surface area contributed by atoms with Gasteiger partial charge in [0.25, 0.3) is 0 Å². The van der Waals surface area contributed by atoms with Crippen LogP contribution in [0.25, 0.3) is 0 Å². The van der Waals surface area contributed by atoms with Crippen LogP contribution in [0, 0.1) is 0 Å². The van der Waals surface area contributed by atoms with E-state index in [4.69, 9.17) is 4.74 Å². The summed E-state index contributed by atoms with van der Waals surface area (Å²) < 4.78 is 4.89. The number of esters is 2. The first-order chi connectivity index (χ1) is 15.9. The number of benzene rings is 2. The topological polar surface area (TPSA) is 102 Å². The minimum absolute atomic E-state index is 0.121. The Labute approximate surface area is 209 Å². The van der Waals surface area contributed by atoms with E-state index in [1.807, 2.05) is 48.5 Å². The van der Waals surface area contributed by atoms with Crippen LogP contribution in [-0.4, -0.2) is 34.4 Å². The highest BCUT2D eigenvalue weighted by molar-refractivity contribution is 9.09. The molecule has 0 saturated heterocycles. The van der Waals surface area contributed by atoms with Crippen molar-refractivity contribution in [2.24, 2.45) is 0 Å². The van der Waals surface area contributed by atoms with Crippen LogP contribution in [0.5, 0.6) is 0 Å². The van der Waals surface area contributed by atoms with Crippen LogP contribution >= 0.6 is 31.9 Å². The first kappa shape index (κ1) is 26.7. The van der Waals surface area contributed by atoms with Crippen molar-refractivity contribution in [3.05, 3.63) is 59.7 Å². The Morgan fingerprint density at radius 2 is 1.00 bits per heavy atom. The number of alkyl halides is 2. The molecule has 0 atom stereocenters. The van der Waals surface area contributed by atoms with Gasteiger partial charge in [0.15, 0.2) is 0 Å². The standard InChI is InChI=1S/C24H26Br2N2O5/c25-15-21(29)27-19-11-7-17(8-12-19)3-1-5-23(31)33-24(32)6-2-4-18-9-13-20(14-10-18)28-22(30)16-26/h7-14H,1-6,15-16H2,(H,27,29)(H,28,30). The van der Waals surface area contributed by atoms with Crippen LogP contribution in [0.2, 0.25) is 0 Å². The zero-order valence-electron chi connectivity index (χ0n) is 18.1. The number of carbonyl (C=O) groups excluding carboxylic acids is 4. The molecular formula is C24H26Br2N2O5. The largest absolute Gasteiger partial charge is 0.393 e. The highest BCUT2D eigenvalue weighted by Gasteiger charge is 2.11. The molecule has 33 heavy (non-hydrogen) atoms. The average molecular weight is 582 g/mol. The summed E-state index contributed by atoms with van der Waals surface area (Å²) in [6, 6.07) is 14.8. The van der Waals surface area contributed by atoms with E-state index in [-0.39, 0.29) is 35.3 Å². The molecule has 0 spiro atoms. The molecule has 2 aromatic rings. The van der Waals surface area contributed by atoms with Gasteiger partial charge in [-0.25, -0.2) is 0 Å². The average Bonchev–Trinajstić information content (AvgIpc) is 2.81. The molecular weight excluding hydrogens is 556 g/mol. The van der Waals surface area contributed by atoms with Gasteiger partial charge < -0.3 is 15.4 Å². The molecule has 0 saturated carbocycles. The predicted molar refractivity (Wildman–Crippen MR) is 135 cm³/mol. The normalized spacial score (nSPS) is 10.4. The molecule has 176 valence electrons. The molecule has 0 fully saturated rings. The minimum Gasteiger partial charge on any atom is -0.393 e. The van der Waals surface area contributed by atoms with Crippen molar-refractivity contribution in [3.8, 4) is 0 Å². The molecule has 0 aliphatic rings. The third-order valence-electron chi connectivity index (χ3n) is 4.64. The lowest BCUT2D eigenvalue weighted by atomic mass is 10.1. The molecule has 0 aliphatic heterocycles. The van der Waals surface area contributed by atoms with Gasteiger partial charge in [-0.05, 0) is 61.1 Å². The van der Waals surface area contributed by atoms with Crippen LogP contribution in [0.3, 0.4) is 0 Å². The van der Waals surface area contributed by atoms with Gasteiger partial charge in [0.1, 0.15) is 0 Å². The lowest BCUT2D eigenvalue weighted by Crippen LogP contribution is -2.13. The number of hydrogen-bond donors (Lipinski definition) is 2. The number of nitrogens with one attached hydrogen (secondary N) is 2. The molecule has 0 aliphatic carbocycles. The number of carbonyl (C=O) groups is 4. The molecule has 7 nitrogen and oxygen atoms in total. The van der Waals surface area contributed by atoms with Gasteiger partial charge in [-0.15, -0.1) is 0 Å². The number of hydrogen-bond acceptors (Lipinski definition) is 5. The molecule has 2 rings (SSSR count). The highest BCUT2D eigenvalue weighted by atomic mass is 79.9. The van der Waals surface area contributed by atoms with E-state index >= 15 is 0 Å². The van der Waals surface area contributed by atoms with Crippen molar-refractivity contribution in [3.63, 3.8) is 0 Å². The fraction of sp³-hybridized carbons (Fsp3) is 0.333. The maximum Gasteiger partial charge on any atom is 0.313 e. The maximum atomic E-state index is 11.9. The second-order valence-corrected chi connectivity index (χ2v) is 8.43. The van der Waals surface area contributed by atoms with Crippen LogP contribution in [0.15, 0.2) is 48.5 Å². The maximum absolute atomic E-state index is 11.9. The zero-order chi connectivity index (χ0) is 24.1. The Balaban J connectivity index is 1.62. The first-order valence-electron chi connectivity index (χ1n) is 10.5. The summed E-state index contributed by atoms with van der Waals surface area (Å²) in [5.74, 6) is -1.28. The third-order valence-corrected chi connectivity index (χ3v) is 5.66. The highest BCUT2D eigenvalue weighted by Crippen LogP contribution is 2.14. The SMILES string of the molecule is O=C(CBr)Nc1ccc(CCCC(=O)OC(=O)CCCc2ccc(NC(=O)CBr)cc2)cc1. The third kappa shape index (κ3) is 10.8. The second kappa shape index (κ2) is 14.6. The lowest BCUT2D eigenvalue weighted by Gasteiger charge is -2.06. The van der Waals surface area contributed by atoms with Gasteiger partial charge in [0.2, 0.25) is 11.8 Å². The van der Waals surface area contributed by atoms with Gasteiger partial charge in [0, 0.05) is 24.2 Å². The molecule has 0 radical (unpaired) electrons. The minimum atomic E-state index is -0.520. The second-order valence-electron chi connectivity index (χ2n) is 7.31. The van der Waals surface area contributed by atoms with Crippen molar-refractivity contribution < 1.29 is 23.9 Å². The van der Waals surface area contributed by atoms with E-state index < -0.39 is 11.9 Å². The van der Waals surface area contributed by atoms with Crippen molar-refractivity contribution in [2.75, 3.05) is 21.3 Å². The fourth-order valence-electron chi connectivity index (χ4n) is 3.00. The molecule has 2 aromatic carbocycles. The molecule has 2 N–H and O–H groups in total. The van der Waals surface area contributed by atoms with E-state index in [2.05, 4.69) is 42.5 Å². The number of amides is 2. The predicted octanol–water partition coefficient (Wildman–Crippen LogP) is 4.77. The van der Waals surface area contributed by atoms with E-state index in [1.165, 1.54) is 0 Å². The summed E-state index contributed by atoms with van der Waals surface area (Å²) in [5.41, 5.74) is 3.49. The summed E-state index contributed by atoms with van der Waals surface area (Å²) in [6.45, 7) is 0. The molecule has 9 heteroatoms. The Morgan fingerprint density at radius 1 is 0.636 bits per heavy atom. The van der Waals surface area contributed by atoms with Gasteiger partial charge >= 0.3 is 11.9 Å². The van der Waals surface area contributed by atoms with Gasteiger partial charge in [0.05, 0.1) is 10.7 Å². The molecule has 0 heterocycles. The number of anilines is 2. The van der Waals surface area contributed by atoms with Crippen LogP contribution in [0.4, 0.5) is 11.4 Å². The Morgan fingerprint density at radius 3 is 1.33 bits per heavy atom. The smallest absolute Gasteiger partial charge is 0.313 e. The van der Waals surface area contributed by atoms with E-state index in [1.54, 1.807) is 0 Å². The number of aryl methyl sites for hydroxylation is 2. The molecule has 0 bridgehead atoms. The Bertz CT molecular complexity index is 869. The van der Waals surface area contributed by atoms with Crippen molar-refractivity contribution >= 4 is 67.0 Å². The molecule has 0 unspecified atom stereocenters. The number of halogens is 2. The molecule has 0 aromatic heterocycles. The summed E-state index contributed by atoms with van der Waals surface area (Å²) in [5, 5.41) is 5.95. The Kier molecular flexibility index (Phi) is 11.8.